The highest BCUT2D eigenvalue weighted by Crippen LogP contribution is 2.20. The normalized spacial score (nSPS) is 11.5. The average molecular weight is 406 g/mol. The molecule has 0 aliphatic heterocycles. The summed E-state index contributed by atoms with van der Waals surface area (Å²) in [6.07, 6.45) is 0. The first-order chi connectivity index (χ1) is 14.5. The molecular weight excluding hydrogens is 390 g/mol. The molecule has 0 saturated heterocycles. The molecule has 1 heterocycles. The van der Waals surface area contributed by atoms with Gasteiger partial charge in [0.2, 0.25) is 5.55 Å². The van der Waals surface area contributed by atoms with Crippen molar-refractivity contribution in [1.82, 2.24) is 0 Å². The molecule has 1 aromatic heterocycles. The number of amides is 1. The quantitative estimate of drug-likeness (QED) is 0.506. The van der Waals surface area contributed by atoms with Crippen LogP contribution in [0.3, 0.4) is 0 Å². The Morgan fingerprint density at radius 1 is 1.00 bits per heavy atom. The number of fused-ring (bicyclic) bond motifs is 1. The third kappa shape index (κ3) is 4.05. The van der Waals surface area contributed by atoms with Crippen molar-refractivity contribution >= 4 is 28.3 Å². The van der Waals surface area contributed by atoms with Crippen molar-refractivity contribution in [2.45, 2.75) is 0 Å². The van der Waals surface area contributed by atoms with Crippen molar-refractivity contribution in [3.8, 4) is 5.75 Å². The summed E-state index contributed by atoms with van der Waals surface area (Å²) < 4.78 is 38.2. The average Bonchev–Trinajstić information content (AvgIpc) is 2.75. The van der Waals surface area contributed by atoms with Crippen molar-refractivity contribution < 1.29 is 22.7 Å². The maximum absolute atomic E-state index is 14.1. The number of hydrogen-bond acceptors (Lipinski definition) is 4. The first kappa shape index (κ1) is 19.3. The predicted molar refractivity (Wildman–Crippen MR) is 109 cm³/mol. The summed E-state index contributed by atoms with van der Waals surface area (Å²) >= 11 is 0. The maximum atomic E-state index is 14.1. The van der Waals surface area contributed by atoms with Gasteiger partial charge in [0.25, 0.3) is 5.91 Å². The third-order valence-corrected chi connectivity index (χ3v) is 4.38. The van der Waals surface area contributed by atoms with Crippen LogP contribution in [0.4, 0.5) is 20.2 Å². The summed E-state index contributed by atoms with van der Waals surface area (Å²) in [5.41, 5.74) is 0.875. The second-order valence-corrected chi connectivity index (χ2v) is 6.39. The lowest BCUT2D eigenvalue weighted by atomic mass is 10.1. The molecule has 0 atom stereocenters. The molecule has 0 aliphatic carbocycles. The molecule has 1 N–H and O–H groups in total. The van der Waals surface area contributed by atoms with Gasteiger partial charge in [0.1, 0.15) is 28.4 Å². The number of anilines is 1. The number of ether oxygens (including phenoxy) is 1. The Hall–Kier alpha value is -4.00. The van der Waals surface area contributed by atoms with Crippen LogP contribution in [0, 0.1) is 11.6 Å². The van der Waals surface area contributed by atoms with E-state index in [9.17, 15) is 13.6 Å². The molecule has 150 valence electrons. The van der Waals surface area contributed by atoms with E-state index in [-0.39, 0.29) is 16.8 Å². The highest BCUT2D eigenvalue weighted by atomic mass is 19.1. The zero-order valence-electron chi connectivity index (χ0n) is 15.9. The Kier molecular flexibility index (Phi) is 5.26. The monoisotopic (exact) mass is 406 g/mol. The van der Waals surface area contributed by atoms with Gasteiger partial charge in [-0.05, 0) is 48.5 Å². The molecule has 4 rings (SSSR count). The van der Waals surface area contributed by atoms with E-state index in [0.29, 0.717) is 22.4 Å². The molecular formula is C23H16F2N2O3. The molecule has 0 aliphatic rings. The van der Waals surface area contributed by atoms with E-state index in [4.69, 9.17) is 9.15 Å². The second kappa shape index (κ2) is 8.16. The van der Waals surface area contributed by atoms with Gasteiger partial charge in [-0.15, -0.1) is 0 Å². The van der Waals surface area contributed by atoms with Crippen molar-refractivity contribution in [2.75, 3.05) is 12.4 Å². The summed E-state index contributed by atoms with van der Waals surface area (Å²) in [6.45, 7) is 0. The molecule has 0 fully saturated rings. The van der Waals surface area contributed by atoms with Crippen molar-refractivity contribution in [2.24, 2.45) is 4.99 Å². The predicted octanol–water partition coefficient (Wildman–Crippen LogP) is 5.20. The molecule has 0 unspecified atom stereocenters. The summed E-state index contributed by atoms with van der Waals surface area (Å²) in [4.78, 5) is 17.1. The van der Waals surface area contributed by atoms with Gasteiger partial charge in [-0.2, -0.15) is 0 Å². The Balaban J connectivity index is 1.81. The summed E-state index contributed by atoms with van der Waals surface area (Å²) in [7, 11) is 1.55. The lowest BCUT2D eigenvalue weighted by molar-refractivity contribution is 0.102. The van der Waals surface area contributed by atoms with Crippen LogP contribution in [0.25, 0.3) is 11.0 Å². The van der Waals surface area contributed by atoms with Crippen LogP contribution in [0.1, 0.15) is 10.4 Å². The number of carbonyl (C=O) groups excluding carboxylic acids is 1. The van der Waals surface area contributed by atoms with Crippen molar-refractivity contribution in [3.63, 3.8) is 0 Å². The van der Waals surface area contributed by atoms with Crippen LogP contribution >= 0.6 is 0 Å². The van der Waals surface area contributed by atoms with E-state index < -0.39 is 17.5 Å². The van der Waals surface area contributed by atoms with E-state index in [1.807, 2.05) is 0 Å². The topological polar surface area (TPSA) is 63.8 Å². The van der Waals surface area contributed by atoms with Crippen LogP contribution < -0.4 is 15.6 Å². The van der Waals surface area contributed by atoms with Crippen molar-refractivity contribution in [3.05, 3.63) is 95.5 Å². The smallest absolute Gasteiger partial charge is 0.261 e. The Morgan fingerprint density at radius 2 is 1.77 bits per heavy atom. The second-order valence-electron chi connectivity index (χ2n) is 6.39. The zero-order chi connectivity index (χ0) is 21.1. The Bertz CT molecular complexity index is 1300. The van der Waals surface area contributed by atoms with E-state index in [2.05, 4.69) is 10.3 Å². The first-order valence-corrected chi connectivity index (χ1v) is 9.01. The highest BCUT2D eigenvalue weighted by molar-refractivity contribution is 6.05. The standard InChI is InChI=1S/C23H16F2N2O3/c1-29-17-9-7-16(8-10-17)26-22(28)18-12-14-4-2-3-5-21(14)30-23(18)27-20-11-6-15(24)13-19(20)25/h2-13H,1H3,(H,26,28). The molecule has 4 aromatic rings. The molecule has 30 heavy (non-hydrogen) atoms. The van der Waals surface area contributed by atoms with E-state index >= 15 is 0 Å². The Morgan fingerprint density at radius 3 is 2.50 bits per heavy atom. The van der Waals surface area contributed by atoms with Crippen LogP contribution in [-0.2, 0) is 0 Å². The Labute approximate surface area is 170 Å². The zero-order valence-corrected chi connectivity index (χ0v) is 15.9. The summed E-state index contributed by atoms with van der Waals surface area (Å²) in [6, 6.07) is 18.4. The first-order valence-electron chi connectivity index (χ1n) is 9.01. The van der Waals surface area contributed by atoms with Gasteiger partial charge < -0.3 is 14.5 Å². The van der Waals surface area contributed by atoms with E-state index in [1.54, 1.807) is 61.7 Å². The van der Waals surface area contributed by atoms with Crippen LogP contribution in [-0.4, -0.2) is 13.0 Å². The molecule has 5 nitrogen and oxygen atoms in total. The summed E-state index contributed by atoms with van der Waals surface area (Å²) in [5.74, 6) is -1.42. The number of carbonyl (C=O) groups is 1. The lowest BCUT2D eigenvalue weighted by Gasteiger charge is -2.08. The SMILES string of the molecule is COc1ccc(NC(=O)c2cc3ccccc3oc2=Nc2ccc(F)cc2F)cc1. The number of rotatable bonds is 4. The minimum atomic E-state index is -0.861. The molecule has 0 saturated carbocycles. The van der Waals surface area contributed by atoms with Crippen LogP contribution in [0.15, 0.2) is 82.2 Å². The number of benzene rings is 3. The fourth-order valence-corrected chi connectivity index (χ4v) is 2.87. The van der Waals surface area contributed by atoms with Crippen molar-refractivity contribution in [1.29, 1.82) is 0 Å². The van der Waals surface area contributed by atoms with E-state index in [0.717, 1.165) is 12.1 Å². The number of nitrogens with zero attached hydrogens (tertiary/aromatic N) is 1. The van der Waals surface area contributed by atoms with Gasteiger partial charge >= 0.3 is 0 Å². The molecule has 0 bridgehead atoms. The van der Waals surface area contributed by atoms with Gasteiger partial charge in [0, 0.05) is 17.1 Å². The van der Waals surface area contributed by atoms with Gasteiger partial charge in [-0.25, -0.2) is 13.8 Å². The van der Waals surface area contributed by atoms with E-state index in [1.165, 1.54) is 6.07 Å². The lowest BCUT2D eigenvalue weighted by Crippen LogP contribution is -2.21. The maximum Gasteiger partial charge on any atom is 0.261 e. The molecule has 3 aromatic carbocycles. The molecule has 7 heteroatoms. The van der Waals surface area contributed by atoms with Crippen LogP contribution in [0.2, 0.25) is 0 Å². The number of para-hydroxylation sites is 1. The van der Waals surface area contributed by atoms with Crippen LogP contribution in [0.5, 0.6) is 5.75 Å². The minimum Gasteiger partial charge on any atom is -0.497 e. The number of methoxy groups -OCH3 is 1. The minimum absolute atomic E-state index is 0.0924. The fraction of sp³-hybridized carbons (Fsp3) is 0.0435. The molecule has 0 radical (unpaired) electrons. The number of hydrogen-bond donors (Lipinski definition) is 1. The summed E-state index contributed by atoms with van der Waals surface area (Å²) in [5, 5.41) is 3.43. The highest BCUT2D eigenvalue weighted by Gasteiger charge is 2.14. The molecule has 1 amide bonds. The number of nitrogens with one attached hydrogen (secondary N) is 1. The molecule has 0 spiro atoms. The van der Waals surface area contributed by atoms with Gasteiger partial charge in [-0.1, -0.05) is 18.2 Å². The van der Waals surface area contributed by atoms with Gasteiger partial charge in [-0.3, -0.25) is 4.79 Å². The fourth-order valence-electron chi connectivity index (χ4n) is 2.87. The van der Waals surface area contributed by atoms with Gasteiger partial charge in [0.15, 0.2) is 5.82 Å². The van der Waals surface area contributed by atoms with Gasteiger partial charge in [0.05, 0.1) is 7.11 Å². The number of halogens is 2. The largest absolute Gasteiger partial charge is 0.497 e. The third-order valence-electron chi connectivity index (χ3n) is 4.38.